The highest BCUT2D eigenvalue weighted by atomic mass is 32.2. The van der Waals surface area contributed by atoms with Crippen molar-refractivity contribution in [3.63, 3.8) is 0 Å². The average Bonchev–Trinajstić information content (AvgIpc) is 3.57. The Labute approximate surface area is 195 Å². The lowest BCUT2D eigenvalue weighted by Gasteiger charge is -2.03. The van der Waals surface area contributed by atoms with Gasteiger partial charge in [0.05, 0.1) is 11.4 Å². The quantitative estimate of drug-likeness (QED) is 0.206. The second kappa shape index (κ2) is 11.1. The molecule has 9 heteroatoms. The van der Waals surface area contributed by atoms with E-state index in [4.69, 9.17) is 4.42 Å². The molecule has 0 radical (unpaired) electrons. The van der Waals surface area contributed by atoms with Crippen LogP contribution in [0.5, 0.6) is 0 Å². The normalized spacial score (nSPS) is 11.0. The molecule has 1 aromatic carbocycles. The van der Waals surface area contributed by atoms with Crippen LogP contribution in [0.2, 0.25) is 0 Å². The summed E-state index contributed by atoms with van der Waals surface area (Å²) in [6.45, 7) is 2.23. The van der Waals surface area contributed by atoms with Gasteiger partial charge >= 0.3 is 0 Å². The minimum absolute atomic E-state index is 0.161. The van der Waals surface area contributed by atoms with Crippen LogP contribution in [0.4, 0.5) is 5.13 Å². The van der Waals surface area contributed by atoms with Gasteiger partial charge in [0.15, 0.2) is 5.13 Å². The van der Waals surface area contributed by atoms with Gasteiger partial charge < -0.3 is 14.7 Å². The smallest absolute Gasteiger partial charge is 0.277 e. The predicted molar refractivity (Wildman–Crippen MR) is 129 cm³/mol. The first-order chi connectivity index (χ1) is 15.7. The monoisotopic (exact) mass is 467 g/mol. The highest BCUT2D eigenvalue weighted by Crippen LogP contribution is 2.26. The maximum Gasteiger partial charge on any atom is 0.277 e. The van der Waals surface area contributed by atoms with Gasteiger partial charge in [-0.25, -0.2) is 4.98 Å². The van der Waals surface area contributed by atoms with E-state index >= 15 is 0 Å². The number of hydrogen-bond acceptors (Lipinski definition) is 7. The van der Waals surface area contributed by atoms with Crippen LogP contribution in [0, 0.1) is 0 Å². The third-order valence-corrected chi connectivity index (χ3v) is 6.46. The summed E-state index contributed by atoms with van der Waals surface area (Å²) in [6.07, 6.45) is 7.97. The summed E-state index contributed by atoms with van der Waals surface area (Å²) in [4.78, 5) is 19.9. The van der Waals surface area contributed by atoms with Gasteiger partial charge in [0.1, 0.15) is 5.69 Å². The van der Waals surface area contributed by atoms with E-state index in [0.717, 1.165) is 23.4 Å². The van der Waals surface area contributed by atoms with Gasteiger partial charge in [0.2, 0.25) is 5.91 Å². The highest BCUT2D eigenvalue weighted by molar-refractivity contribution is 7.99. The van der Waals surface area contributed by atoms with Crippen molar-refractivity contribution >= 4 is 34.1 Å². The van der Waals surface area contributed by atoms with Crippen LogP contribution in [0.15, 0.2) is 57.6 Å². The number of aromatic nitrogens is 4. The van der Waals surface area contributed by atoms with Gasteiger partial charge in [0, 0.05) is 17.1 Å². The summed E-state index contributed by atoms with van der Waals surface area (Å²) in [5.74, 6) is 0.390. The number of aromatic amines is 1. The number of hydrogen-bond donors (Lipinski definition) is 2. The molecule has 0 aliphatic carbocycles. The topological polar surface area (TPSA) is 96.7 Å². The number of thiazole rings is 1. The first kappa shape index (κ1) is 22.3. The Bertz CT molecular complexity index is 1120. The van der Waals surface area contributed by atoms with Crippen molar-refractivity contribution < 1.29 is 9.21 Å². The molecule has 0 saturated carbocycles. The maximum absolute atomic E-state index is 12.3. The van der Waals surface area contributed by atoms with E-state index in [9.17, 15) is 4.79 Å². The van der Waals surface area contributed by atoms with Crippen LogP contribution < -0.4 is 5.32 Å². The minimum atomic E-state index is -0.169. The molecule has 0 atom stereocenters. The SMILES string of the molecule is CCCCCCc1ccc(-c2csc(NC(=O)CSc3nnc(-c4ccc[nH]4)o3)n2)cc1. The van der Waals surface area contributed by atoms with Crippen LogP contribution in [-0.4, -0.2) is 31.8 Å². The second-order valence-electron chi connectivity index (χ2n) is 7.34. The zero-order chi connectivity index (χ0) is 22.2. The molecule has 166 valence electrons. The molecule has 3 heterocycles. The minimum Gasteiger partial charge on any atom is -0.410 e. The Morgan fingerprint density at radius 1 is 1.16 bits per heavy atom. The van der Waals surface area contributed by atoms with Gasteiger partial charge in [-0.2, -0.15) is 0 Å². The molecule has 3 aromatic heterocycles. The van der Waals surface area contributed by atoms with Gasteiger partial charge in [-0.1, -0.05) is 62.2 Å². The van der Waals surface area contributed by atoms with E-state index in [1.807, 2.05) is 17.5 Å². The number of carbonyl (C=O) groups is 1. The Kier molecular flexibility index (Phi) is 7.73. The number of rotatable bonds is 11. The van der Waals surface area contributed by atoms with Crippen LogP contribution in [0.3, 0.4) is 0 Å². The molecule has 0 saturated heterocycles. The van der Waals surface area contributed by atoms with E-state index < -0.39 is 0 Å². The van der Waals surface area contributed by atoms with Gasteiger partial charge in [-0.15, -0.1) is 21.5 Å². The number of amides is 1. The van der Waals surface area contributed by atoms with Crippen molar-refractivity contribution in [1.29, 1.82) is 0 Å². The Morgan fingerprint density at radius 2 is 2.03 bits per heavy atom. The van der Waals surface area contributed by atoms with E-state index in [1.165, 1.54) is 54.3 Å². The predicted octanol–water partition coefficient (Wildman–Crippen LogP) is 6.04. The molecule has 0 spiro atoms. The molecule has 0 aliphatic rings. The summed E-state index contributed by atoms with van der Waals surface area (Å²) in [5.41, 5.74) is 4.01. The third kappa shape index (κ3) is 6.08. The van der Waals surface area contributed by atoms with Crippen molar-refractivity contribution in [2.45, 2.75) is 44.3 Å². The summed E-state index contributed by atoms with van der Waals surface area (Å²) in [7, 11) is 0. The largest absolute Gasteiger partial charge is 0.410 e. The number of aryl methyl sites for hydroxylation is 1. The van der Waals surface area contributed by atoms with Crippen molar-refractivity contribution in [2.75, 3.05) is 11.1 Å². The van der Waals surface area contributed by atoms with E-state index in [-0.39, 0.29) is 11.7 Å². The lowest BCUT2D eigenvalue weighted by Crippen LogP contribution is -2.13. The van der Waals surface area contributed by atoms with E-state index in [0.29, 0.717) is 16.2 Å². The molecule has 7 nitrogen and oxygen atoms in total. The molecule has 32 heavy (non-hydrogen) atoms. The zero-order valence-corrected chi connectivity index (χ0v) is 19.5. The van der Waals surface area contributed by atoms with Gasteiger partial charge in [-0.05, 0) is 30.5 Å². The third-order valence-electron chi connectivity index (χ3n) is 4.88. The van der Waals surface area contributed by atoms with Crippen LogP contribution in [0.1, 0.15) is 38.2 Å². The average molecular weight is 468 g/mol. The van der Waals surface area contributed by atoms with Crippen molar-refractivity contribution in [3.05, 3.63) is 53.5 Å². The van der Waals surface area contributed by atoms with E-state index in [1.54, 1.807) is 6.20 Å². The zero-order valence-electron chi connectivity index (χ0n) is 17.8. The fourth-order valence-corrected chi connectivity index (χ4v) is 4.48. The number of H-pyrrole nitrogens is 1. The molecule has 0 aliphatic heterocycles. The molecule has 0 fully saturated rings. The summed E-state index contributed by atoms with van der Waals surface area (Å²) in [5, 5.41) is 13.7. The van der Waals surface area contributed by atoms with Crippen molar-refractivity contribution in [2.24, 2.45) is 0 Å². The standard InChI is InChI=1S/C23H25N5O2S2/c1-2-3-4-5-7-16-9-11-17(12-10-16)19-14-31-22(25-19)26-20(29)15-32-23-28-27-21(30-23)18-8-6-13-24-18/h6,8-14,24H,2-5,7,15H2,1H3,(H,25,26,29). The fourth-order valence-electron chi connectivity index (χ4n) is 3.18. The summed E-state index contributed by atoms with van der Waals surface area (Å²) in [6, 6.07) is 12.2. The molecule has 1 amide bonds. The molecule has 0 bridgehead atoms. The molecule has 2 N–H and O–H groups in total. The van der Waals surface area contributed by atoms with Gasteiger partial charge in [0.25, 0.3) is 11.1 Å². The summed E-state index contributed by atoms with van der Waals surface area (Å²) < 4.78 is 5.55. The van der Waals surface area contributed by atoms with Crippen molar-refractivity contribution in [1.82, 2.24) is 20.2 Å². The number of benzene rings is 1. The van der Waals surface area contributed by atoms with Gasteiger partial charge in [-0.3, -0.25) is 4.79 Å². The Hall–Kier alpha value is -2.91. The fraction of sp³-hybridized carbons (Fsp3) is 0.304. The first-order valence-electron chi connectivity index (χ1n) is 10.7. The molecular weight excluding hydrogens is 442 g/mol. The molecule has 0 unspecified atom stereocenters. The molecule has 4 rings (SSSR count). The van der Waals surface area contributed by atoms with Crippen LogP contribution >= 0.6 is 23.1 Å². The number of nitrogens with zero attached hydrogens (tertiary/aromatic N) is 3. The second-order valence-corrected chi connectivity index (χ2v) is 9.12. The first-order valence-corrected chi connectivity index (χ1v) is 12.5. The Balaban J connectivity index is 1.26. The van der Waals surface area contributed by atoms with Crippen LogP contribution in [-0.2, 0) is 11.2 Å². The number of nitrogens with one attached hydrogen (secondary N) is 2. The number of thioether (sulfide) groups is 1. The number of carbonyl (C=O) groups excluding carboxylic acids is 1. The number of unbranched alkanes of at least 4 members (excludes halogenated alkanes) is 3. The lowest BCUT2D eigenvalue weighted by atomic mass is 10.0. The van der Waals surface area contributed by atoms with Crippen molar-refractivity contribution in [3.8, 4) is 22.8 Å². The van der Waals surface area contributed by atoms with Crippen LogP contribution in [0.25, 0.3) is 22.8 Å². The highest BCUT2D eigenvalue weighted by Gasteiger charge is 2.13. The number of anilines is 1. The summed E-state index contributed by atoms with van der Waals surface area (Å²) >= 11 is 2.60. The lowest BCUT2D eigenvalue weighted by molar-refractivity contribution is -0.113. The maximum atomic E-state index is 12.3. The molecule has 4 aromatic rings. The van der Waals surface area contributed by atoms with E-state index in [2.05, 4.69) is 56.7 Å². The molecular formula is C23H25N5O2S2. The Morgan fingerprint density at radius 3 is 2.81 bits per heavy atom.